The summed E-state index contributed by atoms with van der Waals surface area (Å²) in [7, 11) is 0. The third kappa shape index (κ3) is 10.8. The molecule has 38 nitrogen and oxygen atoms in total. The number of aromatic nitrogens is 14. The van der Waals surface area contributed by atoms with E-state index in [9.17, 15) is 29.2 Å². The summed E-state index contributed by atoms with van der Waals surface area (Å²) in [6, 6.07) is 3.14. The van der Waals surface area contributed by atoms with Crippen molar-refractivity contribution in [3.05, 3.63) is 70.5 Å². The molecule has 16 heterocycles. The van der Waals surface area contributed by atoms with Crippen LogP contribution in [-0.2, 0) is 112 Å². The van der Waals surface area contributed by atoms with E-state index in [-0.39, 0.29) is 47.4 Å². The number of hydrogen-bond acceptors (Lipinski definition) is 32. The van der Waals surface area contributed by atoms with Crippen LogP contribution in [0.4, 0.5) is 40.8 Å². The Morgan fingerprint density at radius 2 is 0.840 bits per heavy atom. The van der Waals surface area contributed by atoms with Gasteiger partial charge in [0.05, 0.1) is 76.3 Å². The molecule has 50 heteroatoms. The number of nitrogen functional groups attached to an aromatic ring is 4. The minimum Gasteiger partial charge on any atom is -0.397 e. The van der Waals surface area contributed by atoms with E-state index in [1.807, 2.05) is 0 Å². The van der Waals surface area contributed by atoms with E-state index in [0.29, 0.717) is 33.7 Å². The number of rotatable bonds is 4. The van der Waals surface area contributed by atoms with Crippen LogP contribution in [0.2, 0.25) is 0 Å². The summed E-state index contributed by atoms with van der Waals surface area (Å²) >= 11 is 20.8. The summed E-state index contributed by atoms with van der Waals surface area (Å²) in [5.74, 6) is -8.57. The standard InChI is InChI=1S/2C22H23F2N9O10P2S2/c2*23-22(24)9-3-38-44(35,46)42-13-12-18(32-6-28-10-8(25)1-2-27-15(10)32)41-21(13,4-37-12)5-39-45(36,47)43-14(22)19(40-9)33-7-29-11-16(33)30-20(26)31-17(11)34/h2*1-2,6-7,9,12-14,18-19H,3-5H2,(H2,25,27)(H,35,46)(H,36,47)(H3,26,30,31,34)/t2*9-,12-,13+,14+,18-,19-,21-,44?,45?/m11/s1. The summed E-state index contributed by atoms with van der Waals surface area (Å²) in [5.41, 5.74) is 20.0. The first-order valence-corrected chi connectivity index (χ1v) is 37.6. The van der Waals surface area contributed by atoms with Crippen LogP contribution in [0.5, 0.6) is 0 Å². The first-order chi connectivity index (χ1) is 44.4. The maximum absolute atomic E-state index is 16.0. The molecular weight excluding hydrogens is 1430 g/mol. The molecule has 504 valence electrons. The maximum Gasteiger partial charge on any atom is 0.325 e. The molecule has 8 aliphatic rings. The van der Waals surface area contributed by atoms with Crippen LogP contribution in [0.3, 0.4) is 0 Å². The number of nitrogens with zero attached hydrogens (tertiary/aromatic N) is 12. The third-order valence-electron chi connectivity index (χ3n) is 16.4. The summed E-state index contributed by atoms with van der Waals surface area (Å²) < 4.78 is 150. The van der Waals surface area contributed by atoms with Crippen molar-refractivity contribution < 1.29 is 102 Å². The molecule has 0 aromatic carbocycles. The van der Waals surface area contributed by atoms with Gasteiger partial charge >= 0.3 is 38.7 Å². The molecule has 94 heavy (non-hydrogen) atoms. The van der Waals surface area contributed by atoms with E-state index >= 15 is 17.6 Å². The predicted molar refractivity (Wildman–Crippen MR) is 321 cm³/mol. The Kier molecular flexibility index (Phi) is 15.6. The number of hydrogen-bond donors (Lipinski definition) is 10. The van der Waals surface area contributed by atoms with Gasteiger partial charge in [-0.3, -0.25) is 55.9 Å². The predicted octanol–water partition coefficient (Wildman–Crippen LogP) is 0.358. The number of pyridine rings is 2. The van der Waals surface area contributed by atoms with Gasteiger partial charge < -0.3 is 89.0 Å². The number of fused-ring (bicyclic) bond motifs is 8. The van der Waals surface area contributed by atoms with Crippen molar-refractivity contribution in [3.63, 3.8) is 0 Å². The maximum atomic E-state index is 16.0. The van der Waals surface area contributed by atoms with Crippen molar-refractivity contribution in [1.82, 2.24) is 68.1 Å². The van der Waals surface area contributed by atoms with Gasteiger partial charge in [0.15, 0.2) is 82.9 Å². The minimum atomic E-state index is -4.57. The lowest BCUT2D eigenvalue weighted by molar-refractivity contribution is -0.183. The van der Waals surface area contributed by atoms with E-state index in [1.54, 1.807) is 12.1 Å². The summed E-state index contributed by atoms with van der Waals surface area (Å²) in [6.07, 6.45) is -11.1. The van der Waals surface area contributed by atoms with Crippen molar-refractivity contribution in [2.75, 3.05) is 62.6 Å². The molecule has 8 aromatic heterocycles. The molecule has 8 fully saturated rings. The molecule has 8 bridgehead atoms. The van der Waals surface area contributed by atoms with Crippen molar-refractivity contribution in [1.29, 1.82) is 0 Å². The number of aromatic amines is 2. The zero-order valence-electron chi connectivity index (χ0n) is 46.7. The Balaban J connectivity index is 0.000000155. The topological polar surface area (TPSA) is 503 Å². The van der Waals surface area contributed by atoms with E-state index in [1.165, 1.54) is 34.2 Å². The molecule has 8 aromatic rings. The fraction of sp³-hybridized carbons (Fsp3) is 0.500. The molecule has 8 saturated heterocycles. The molecule has 18 atom stereocenters. The van der Waals surface area contributed by atoms with Crippen LogP contribution in [0.15, 0.2) is 59.4 Å². The Hall–Kier alpha value is -5.26. The van der Waals surface area contributed by atoms with Gasteiger partial charge in [-0.25, -0.2) is 47.5 Å². The van der Waals surface area contributed by atoms with Crippen LogP contribution < -0.4 is 34.1 Å². The molecule has 0 radical (unpaired) electrons. The molecule has 4 unspecified atom stereocenters. The van der Waals surface area contributed by atoms with Gasteiger partial charge in [0.1, 0.15) is 46.7 Å². The second-order valence-corrected chi connectivity index (χ2v) is 33.4. The zero-order valence-corrected chi connectivity index (χ0v) is 53.6. The lowest BCUT2D eigenvalue weighted by atomic mass is 10.0. The van der Waals surface area contributed by atoms with Crippen LogP contribution in [-0.4, -0.2) is 199 Å². The molecule has 14 N–H and O–H groups in total. The number of nitrogens with one attached hydrogen (secondary N) is 2. The normalized spacial score (nSPS) is 38.6. The largest absolute Gasteiger partial charge is 0.397 e. The molecule has 0 aliphatic carbocycles. The zero-order chi connectivity index (χ0) is 66.2. The third-order valence-corrected chi connectivity index (χ3v) is 22.5. The molecule has 0 amide bonds. The average molecular weight is 1480 g/mol. The van der Waals surface area contributed by atoms with Crippen LogP contribution in [0, 0.1) is 0 Å². The number of ether oxygens (including phenoxy) is 6. The van der Waals surface area contributed by atoms with Gasteiger partial charge in [0.25, 0.3) is 11.1 Å². The van der Waals surface area contributed by atoms with Gasteiger partial charge in [-0.1, -0.05) is 0 Å². The molecule has 16 rings (SSSR count). The fourth-order valence-corrected chi connectivity index (χ4v) is 17.8. The highest BCUT2D eigenvalue weighted by molar-refractivity contribution is 8.08. The van der Waals surface area contributed by atoms with Crippen LogP contribution in [0.1, 0.15) is 24.9 Å². The number of anilines is 4. The van der Waals surface area contributed by atoms with Gasteiger partial charge in [0, 0.05) is 12.4 Å². The number of imidazole rings is 4. The quantitative estimate of drug-likeness (QED) is 0.0840. The van der Waals surface area contributed by atoms with Crippen molar-refractivity contribution in [2.24, 2.45) is 0 Å². The highest BCUT2D eigenvalue weighted by atomic mass is 32.5. The second-order valence-electron chi connectivity index (χ2n) is 22.2. The Labute approximate surface area is 539 Å². The lowest BCUT2D eigenvalue weighted by Gasteiger charge is -2.33. The van der Waals surface area contributed by atoms with E-state index in [2.05, 4.69) is 49.8 Å². The first kappa shape index (κ1) is 64.7. The Morgan fingerprint density at radius 1 is 0.489 bits per heavy atom. The first-order valence-electron chi connectivity index (χ1n) is 27.2. The number of H-pyrrole nitrogens is 2. The van der Waals surface area contributed by atoms with Gasteiger partial charge in [-0.05, 0) is 59.4 Å². The smallest absolute Gasteiger partial charge is 0.325 e. The monoisotopic (exact) mass is 1470 g/mol. The fourth-order valence-electron chi connectivity index (χ4n) is 12.1. The van der Waals surface area contributed by atoms with Crippen LogP contribution in [0.25, 0.3) is 44.7 Å². The van der Waals surface area contributed by atoms with E-state index in [4.69, 9.17) is 135 Å². The van der Waals surface area contributed by atoms with Crippen molar-refractivity contribution in [3.8, 4) is 0 Å². The van der Waals surface area contributed by atoms with Crippen molar-refractivity contribution in [2.45, 2.75) is 96.8 Å². The van der Waals surface area contributed by atoms with E-state index < -0.39 is 161 Å². The SMILES string of the molecule is Nc1nc2c(ncn2[C@@H]2O[C@@H]3COP(O)(=S)O[C@H]4[C@H]5OC[C@]4(COP(O)(=S)O[C@@H]2C3(F)F)O[C@H]5n2cnc3c(N)ccnc32)c(=O)[nH]1.Nc1nc2c(ncn2[C@@H]2O[C@@H]3COP(O)(=S)O[C@H]4[C@H]5OC[C@]4(COP(O)(=S)O[C@@H]2C3(F)F)O[C@H]5n2cnc3c(N)ccnc32)c(=O)[nH]1. The summed E-state index contributed by atoms with van der Waals surface area (Å²) in [4.78, 5) is 107. The Morgan fingerprint density at radius 3 is 1.23 bits per heavy atom. The molecule has 0 saturated carbocycles. The highest BCUT2D eigenvalue weighted by Crippen LogP contribution is 2.63. The summed E-state index contributed by atoms with van der Waals surface area (Å²) in [6.45, 7) is -21.5. The van der Waals surface area contributed by atoms with Gasteiger partial charge in [0.2, 0.25) is 11.9 Å². The van der Waals surface area contributed by atoms with Gasteiger partial charge in [-0.15, -0.1) is 0 Å². The summed E-state index contributed by atoms with van der Waals surface area (Å²) in [5, 5.41) is 0. The molecule has 0 spiro atoms. The molecular formula is C44H46F4N18O20P4S4. The highest BCUT2D eigenvalue weighted by Gasteiger charge is 2.69. The number of nitrogens with two attached hydrogens (primary N) is 4. The van der Waals surface area contributed by atoms with Gasteiger partial charge in [-0.2, -0.15) is 9.97 Å². The van der Waals surface area contributed by atoms with E-state index in [0.717, 1.165) is 21.8 Å². The average Bonchev–Trinajstić information content (AvgIpc) is 1.57. The number of halogens is 4. The Bertz CT molecular complexity index is 4460. The lowest BCUT2D eigenvalue weighted by Crippen LogP contribution is -2.46. The number of alkyl halides is 4. The minimum absolute atomic E-state index is 0.206. The second kappa shape index (κ2) is 22.6. The van der Waals surface area contributed by atoms with Crippen molar-refractivity contribution >= 4 is 142 Å². The van der Waals surface area contributed by atoms with Crippen LogP contribution >= 0.6 is 26.9 Å². The molecule has 8 aliphatic heterocycles.